The molecule has 1 aliphatic heterocycles. The second-order valence-electron chi connectivity index (χ2n) is 6.80. The van der Waals surface area contributed by atoms with Crippen LogP contribution in [-0.2, 0) is 33.9 Å². The van der Waals surface area contributed by atoms with Crippen molar-refractivity contribution in [2.75, 3.05) is 13.2 Å². The number of esters is 2. The van der Waals surface area contributed by atoms with Crippen molar-refractivity contribution in [1.82, 2.24) is 0 Å². The van der Waals surface area contributed by atoms with E-state index in [-0.39, 0.29) is 29.3 Å². The van der Waals surface area contributed by atoms with Crippen LogP contribution in [0.3, 0.4) is 0 Å². The molecule has 5 atom stereocenters. The van der Waals surface area contributed by atoms with Crippen molar-refractivity contribution in [3.8, 4) is 0 Å². The first kappa shape index (κ1) is 19.2. The Hall–Kier alpha value is -1.59. The maximum atomic E-state index is 13.0. The molecule has 1 saturated heterocycles. The highest BCUT2D eigenvalue weighted by molar-refractivity contribution is 7.86. The fourth-order valence-corrected chi connectivity index (χ4v) is 4.10. The number of ether oxygens (including phenoxy) is 3. The maximum absolute atomic E-state index is 13.0. The number of rotatable bonds is 7. The van der Waals surface area contributed by atoms with Gasteiger partial charge in [-0.25, -0.2) is 13.2 Å². The molecule has 3 aliphatic carbocycles. The topological polar surface area (TPSA) is 119 Å². The highest BCUT2D eigenvalue weighted by atomic mass is 32.2. The molecule has 4 aliphatic rings. The lowest BCUT2D eigenvalue weighted by Gasteiger charge is -2.43. The quantitative estimate of drug-likeness (QED) is 0.349. The minimum absolute atomic E-state index is 0.00997. The second-order valence-corrected chi connectivity index (χ2v) is 8.31. The van der Waals surface area contributed by atoms with Gasteiger partial charge in [-0.05, 0) is 19.3 Å². The molecule has 0 radical (unpaired) electrons. The van der Waals surface area contributed by atoms with Crippen molar-refractivity contribution in [1.29, 1.82) is 0 Å². The molecule has 8 nitrogen and oxygen atoms in total. The summed E-state index contributed by atoms with van der Waals surface area (Å²) >= 11 is 0. The molecule has 1 heterocycles. The number of carbonyl (C=O) groups is 2. The maximum Gasteiger partial charge on any atom is 0.357 e. The number of hydrogen-bond donors (Lipinski definition) is 0. The molecule has 0 spiro atoms. The van der Waals surface area contributed by atoms with Gasteiger partial charge >= 0.3 is 17.2 Å². The van der Waals surface area contributed by atoms with Gasteiger partial charge < -0.3 is 18.8 Å². The lowest BCUT2D eigenvalue weighted by molar-refractivity contribution is -0.169. The third-order valence-corrected chi connectivity index (χ3v) is 6.00. The van der Waals surface area contributed by atoms with Gasteiger partial charge in [0.1, 0.15) is 18.8 Å². The van der Waals surface area contributed by atoms with E-state index in [9.17, 15) is 31.3 Å². The fourth-order valence-electron chi connectivity index (χ4n) is 3.87. The van der Waals surface area contributed by atoms with Crippen LogP contribution in [0.1, 0.15) is 19.3 Å². The molecule has 0 aromatic rings. The Morgan fingerprint density at radius 3 is 2.73 bits per heavy atom. The molecule has 3 saturated carbocycles. The van der Waals surface area contributed by atoms with Gasteiger partial charge in [-0.3, -0.25) is 4.79 Å². The van der Waals surface area contributed by atoms with Crippen LogP contribution in [0, 0.1) is 17.8 Å². The van der Waals surface area contributed by atoms with E-state index in [1.807, 2.05) is 0 Å². The normalized spacial score (nSPS) is 33.0. The molecule has 0 N–H and O–H groups in total. The number of carbonyl (C=O) groups excluding carboxylic acids is 2. The van der Waals surface area contributed by atoms with Gasteiger partial charge in [0, 0.05) is 11.8 Å². The SMILES string of the molecule is C=C(COCC(F)(F)S(=O)(=O)[O-])C(=O)OC1C2CCC3C(C2)C(=O)OC31. The molecule has 0 aromatic heterocycles. The first-order valence-corrected chi connectivity index (χ1v) is 9.42. The number of fused-ring (bicyclic) bond motifs is 1. The molecule has 26 heavy (non-hydrogen) atoms. The van der Waals surface area contributed by atoms with E-state index in [1.54, 1.807) is 0 Å². The van der Waals surface area contributed by atoms with Gasteiger partial charge in [-0.1, -0.05) is 6.58 Å². The van der Waals surface area contributed by atoms with Crippen LogP contribution in [0.2, 0.25) is 0 Å². The first-order valence-electron chi connectivity index (χ1n) is 8.01. The van der Waals surface area contributed by atoms with E-state index in [0.717, 1.165) is 12.8 Å². The zero-order chi connectivity index (χ0) is 19.3. The zero-order valence-electron chi connectivity index (χ0n) is 13.6. The number of alkyl halides is 2. The highest BCUT2D eigenvalue weighted by Crippen LogP contribution is 2.52. The van der Waals surface area contributed by atoms with E-state index < -0.39 is 46.8 Å². The predicted octanol–water partition coefficient (Wildman–Crippen LogP) is 0.580. The van der Waals surface area contributed by atoms with Crippen molar-refractivity contribution in [2.24, 2.45) is 17.8 Å². The average molecular weight is 395 g/mol. The van der Waals surface area contributed by atoms with E-state index in [1.165, 1.54) is 0 Å². The molecular formula is C15H17F2O8S-. The van der Waals surface area contributed by atoms with E-state index in [4.69, 9.17) is 9.47 Å². The summed E-state index contributed by atoms with van der Waals surface area (Å²) in [5, 5.41) is -4.60. The third kappa shape index (κ3) is 3.35. The zero-order valence-corrected chi connectivity index (χ0v) is 14.4. The van der Waals surface area contributed by atoms with E-state index in [2.05, 4.69) is 11.3 Å². The number of hydrogen-bond acceptors (Lipinski definition) is 8. The molecule has 4 fully saturated rings. The summed E-state index contributed by atoms with van der Waals surface area (Å²) in [5.41, 5.74) is -0.314. The van der Waals surface area contributed by atoms with Crippen LogP contribution >= 0.6 is 0 Å². The van der Waals surface area contributed by atoms with Gasteiger partial charge in [0.05, 0.1) is 18.1 Å². The molecule has 4 rings (SSSR count). The van der Waals surface area contributed by atoms with Crippen LogP contribution in [0.25, 0.3) is 0 Å². The summed E-state index contributed by atoms with van der Waals surface area (Å²) in [7, 11) is -5.86. The minimum atomic E-state index is -5.86. The lowest BCUT2D eigenvalue weighted by atomic mass is 9.63. The van der Waals surface area contributed by atoms with Crippen molar-refractivity contribution < 1.29 is 45.6 Å². The van der Waals surface area contributed by atoms with Crippen LogP contribution < -0.4 is 0 Å². The molecular weight excluding hydrogens is 378 g/mol. The standard InChI is InChI=1S/C15H18F2O8S/c1-7(5-23-6-15(16,17)26(20,21)22)13(18)24-11-8-2-3-9-10(4-8)14(19)25-12(9)11/h8-12H,1-6H2,(H,20,21,22)/p-1. The Morgan fingerprint density at radius 2 is 2.08 bits per heavy atom. The largest absolute Gasteiger partial charge is 0.743 e. The van der Waals surface area contributed by atoms with E-state index >= 15 is 0 Å². The monoisotopic (exact) mass is 395 g/mol. The Morgan fingerprint density at radius 1 is 1.38 bits per heavy atom. The second kappa shape index (κ2) is 6.54. The summed E-state index contributed by atoms with van der Waals surface area (Å²) in [6, 6.07) is 0. The minimum Gasteiger partial charge on any atom is -0.743 e. The fraction of sp³-hybridized carbons (Fsp3) is 0.733. The molecule has 11 heteroatoms. The van der Waals surface area contributed by atoms with Crippen LogP contribution in [0.15, 0.2) is 12.2 Å². The molecule has 5 unspecified atom stereocenters. The van der Waals surface area contributed by atoms with Crippen molar-refractivity contribution >= 4 is 22.1 Å². The summed E-state index contributed by atoms with van der Waals surface area (Å²) in [4.78, 5) is 23.9. The Balaban J connectivity index is 1.52. The molecule has 0 amide bonds. The van der Waals surface area contributed by atoms with Gasteiger partial charge in [0.15, 0.2) is 10.1 Å². The summed E-state index contributed by atoms with van der Waals surface area (Å²) in [6.07, 6.45) is 1.07. The molecule has 146 valence electrons. The highest BCUT2D eigenvalue weighted by Gasteiger charge is 2.59. The average Bonchev–Trinajstić information content (AvgIpc) is 2.82. The summed E-state index contributed by atoms with van der Waals surface area (Å²) in [6.45, 7) is 0.943. The van der Waals surface area contributed by atoms with Gasteiger partial charge in [-0.2, -0.15) is 8.78 Å². The summed E-state index contributed by atoms with van der Waals surface area (Å²) in [5.74, 6) is -1.36. The van der Waals surface area contributed by atoms with Crippen molar-refractivity contribution in [3.05, 3.63) is 12.2 Å². The van der Waals surface area contributed by atoms with Crippen molar-refractivity contribution in [2.45, 2.75) is 36.7 Å². The lowest BCUT2D eigenvalue weighted by Crippen LogP contribution is -2.50. The molecule has 0 aromatic carbocycles. The Labute approximate surface area is 148 Å². The van der Waals surface area contributed by atoms with Gasteiger partial charge in [0.2, 0.25) is 0 Å². The van der Waals surface area contributed by atoms with Crippen LogP contribution in [-0.4, -0.2) is 55.6 Å². The smallest absolute Gasteiger partial charge is 0.357 e. The van der Waals surface area contributed by atoms with Gasteiger partial charge in [-0.15, -0.1) is 0 Å². The Bertz CT molecular complexity index is 734. The van der Waals surface area contributed by atoms with E-state index in [0.29, 0.717) is 6.42 Å². The first-order chi connectivity index (χ1) is 12.0. The number of halogens is 2. The van der Waals surface area contributed by atoms with Crippen LogP contribution in [0.4, 0.5) is 8.78 Å². The van der Waals surface area contributed by atoms with Gasteiger partial charge in [0.25, 0.3) is 0 Å². The third-order valence-electron chi connectivity index (χ3n) is 5.15. The molecule has 4 bridgehead atoms. The van der Waals surface area contributed by atoms with Crippen molar-refractivity contribution in [3.63, 3.8) is 0 Å². The predicted molar refractivity (Wildman–Crippen MR) is 78.7 cm³/mol. The van der Waals surface area contributed by atoms with Crippen LogP contribution in [0.5, 0.6) is 0 Å². The Kier molecular flexibility index (Phi) is 4.82. The summed E-state index contributed by atoms with van der Waals surface area (Å²) < 4.78 is 72.1.